The molecule has 0 amide bonds. The van der Waals surface area contributed by atoms with Crippen molar-refractivity contribution >= 4 is 16.7 Å². The first-order chi connectivity index (χ1) is 8.86. The summed E-state index contributed by atoms with van der Waals surface area (Å²) in [5.74, 6) is 1.54. The molecule has 0 aliphatic carbocycles. The molecule has 1 aliphatic heterocycles. The number of rotatable bonds is 4. The minimum absolute atomic E-state index is 0.0298. The molecule has 0 spiro atoms. The van der Waals surface area contributed by atoms with Crippen LogP contribution >= 0.6 is 11.5 Å². The van der Waals surface area contributed by atoms with Crippen molar-refractivity contribution in [2.75, 3.05) is 24.6 Å². The number of aromatic nitrogens is 2. The van der Waals surface area contributed by atoms with Crippen molar-refractivity contribution in [2.45, 2.75) is 52.6 Å². The number of hydrogen-bond donors (Lipinski definition) is 0. The molecule has 0 N–H and O–H groups in total. The van der Waals surface area contributed by atoms with Gasteiger partial charge in [0.25, 0.3) is 0 Å². The highest BCUT2D eigenvalue weighted by molar-refractivity contribution is 7.09. The van der Waals surface area contributed by atoms with E-state index in [-0.39, 0.29) is 5.41 Å². The van der Waals surface area contributed by atoms with Gasteiger partial charge >= 0.3 is 0 Å². The Morgan fingerprint density at radius 1 is 1.42 bits per heavy atom. The van der Waals surface area contributed by atoms with Crippen LogP contribution in [0, 0.1) is 5.92 Å². The highest BCUT2D eigenvalue weighted by Crippen LogP contribution is 2.28. The molecule has 1 aliphatic rings. The van der Waals surface area contributed by atoms with Gasteiger partial charge in [0.15, 0.2) is 0 Å². The lowest BCUT2D eigenvalue weighted by Crippen LogP contribution is -2.24. The predicted molar refractivity (Wildman–Crippen MR) is 80.0 cm³/mol. The van der Waals surface area contributed by atoms with E-state index in [9.17, 15) is 0 Å². The molecule has 0 bridgehead atoms. The van der Waals surface area contributed by atoms with Crippen LogP contribution in [-0.2, 0) is 10.2 Å². The maximum absolute atomic E-state index is 5.90. The standard InChI is InChI=1S/C14H25N3OS/c1-10(2)9-18-11-6-7-17(8-11)13-15-12(16-19-13)14(3,4)5/h10-11H,6-9H2,1-5H3. The van der Waals surface area contributed by atoms with E-state index >= 15 is 0 Å². The Labute approximate surface area is 120 Å². The third kappa shape index (κ3) is 3.89. The molecule has 1 unspecified atom stereocenters. The van der Waals surface area contributed by atoms with E-state index in [2.05, 4.69) is 48.9 Å². The van der Waals surface area contributed by atoms with Crippen LogP contribution in [-0.4, -0.2) is 35.2 Å². The molecule has 0 saturated carbocycles. The second kappa shape index (κ2) is 5.75. The molecule has 1 aromatic heterocycles. The Kier molecular flexibility index (Phi) is 4.46. The SMILES string of the molecule is CC(C)COC1CCN(c2nc(C(C)(C)C)ns2)C1. The average molecular weight is 283 g/mol. The molecule has 4 nitrogen and oxygen atoms in total. The van der Waals surface area contributed by atoms with E-state index in [1.54, 1.807) is 0 Å². The van der Waals surface area contributed by atoms with Crippen molar-refractivity contribution < 1.29 is 4.74 Å². The molecule has 2 rings (SSSR count). The summed E-state index contributed by atoms with van der Waals surface area (Å²) in [4.78, 5) is 6.97. The Hall–Kier alpha value is -0.680. The maximum atomic E-state index is 5.90. The highest BCUT2D eigenvalue weighted by atomic mass is 32.1. The van der Waals surface area contributed by atoms with Crippen LogP contribution in [0.4, 0.5) is 5.13 Å². The fraction of sp³-hybridized carbons (Fsp3) is 0.857. The van der Waals surface area contributed by atoms with Gasteiger partial charge in [0.2, 0.25) is 5.13 Å². The van der Waals surface area contributed by atoms with Crippen LogP contribution in [0.15, 0.2) is 0 Å². The minimum Gasteiger partial charge on any atom is -0.376 e. The molecule has 0 radical (unpaired) electrons. The molecular weight excluding hydrogens is 258 g/mol. The van der Waals surface area contributed by atoms with E-state index in [1.165, 1.54) is 11.5 Å². The lowest BCUT2D eigenvalue weighted by Gasteiger charge is -2.16. The van der Waals surface area contributed by atoms with Crippen LogP contribution in [0.25, 0.3) is 0 Å². The molecule has 1 aromatic rings. The Morgan fingerprint density at radius 3 is 2.74 bits per heavy atom. The van der Waals surface area contributed by atoms with Crippen molar-refractivity contribution in [1.29, 1.82) is 0 Å². The topological polar surface area (TPSA) is 38.2 Å². The summed E-state index contributed by atoms with van der Waals surface area (Å²) in [6, 6.07) is 0. The lowest BCUT2D eigenvalue weighted by atomic mass is 9.96. The van der Waals surface area contributed by atoms with E-state index < -0.39 is 0 Å². The van der Waals surface area contributed by atoms with Gasteiger partial charge in [0, 0.05) is 36.6 Å². The van der Waals surface area contributed by atoms with Gasteiger partial charge in [0.05, 0.1) is 6.10 Å². The third-order valence-electron chi connectivity index (χ3n) is 3.17. The summed E-state index contributed by atoms with van der Waals surface area (Å²) < 4.78 is 10.4. The van der Waals surface area contributed by atoms with Crippen LogP contribution in [0.3, 0.4) is 0 Å². The second-order valence-corrected chi connectivity index (χ2v) is 7.46. The first-order valence-corrected chi connectivity index (χ1v) is 7.84. The van der Waals surface area contributed by atoms with Crippen molar-refractivity contribution in [1.82, 2.24) is 9.36 Å². The minimum atomic E-state index is 0.0298. The zero-order chi connectivity index (χ0) is 14.0. The van der Waals surface area contributed by atoms with Gasteiger partial charge in [-0.15, -0.1) is 0 Å². The summed E-state index contributed by atoms with van der Waals surface area (Å²) in [5.41, 5.74) is 0.0298. The smallest absolute Gasteiger partial charge is 0.205 e. The van der Waals surface area contributed by atoms with Gasteiger partial charge in [0.1, 0.15) is 5.82 Å². The zero-order valence-electron chi connectivity index (χ0n) is 12.6. The van der Waals surface area contributed by atoms with Crippen molar-refractivity contribution in [3.05, 3.63) is 5.82 Å². The fourth-order valence-corrected chi connectivity index (χ4v) is 2.91. The maximum Gasteiger partial charge on any atom is 0.205 e. The first-order valence-electron chi connectivity index (χ1n) is 7.07. The van der Waals surface area contributed by atoms with Gasteiger partial charge in [-0.2, -0.15) is 4.37 Å². The molecule has 1 fully saturated rings. The third-order valence-corrected chi connectivity index (χ3v) is 3.94. The molecular formula is C14H25N3OS. The quantitative estimate of drug-likeness (QED) is 0.851. The summed E-state index contributed by atoms with van der Waals surface area (Å²) in [6.07, 6.45) is 1.45. The summed E-state index contributed by atoms with van der Waals surface area (Å²) in [7, 11) is 0. The van der Waals surface area contributed by atoms with Gasteiger partial charge in [-0.05, 0) is 12.3 Å². The average Bonchev–Trinajstić information content (AvgIpc) is 2.94. The van der Waals surface area contributed by atoms with Gasteiger partial charge in [-0.1, -0.05) is 34.6 Å². The number of nitrogens with zero attached hydrogens (tertiary/aromatic N) is 3. The van der Waals surface area contributed by atoms with Crippen LogP contribution in [0.2, 0.25) is 0 Å². The Balaban J connectivity index is 1.92. The number of anilines is 1. The zero-order valence-corrected chi connectivity index (χ0v) is 13.5. The molecule has 108 valence electrons. The number of hydrogen-bond acceptors (Lipinski definition) is 5. The lowest BCUT2D eigenvalue weighted by molar-refractivity contribution is 0.0497. The highest BCUT2D eigenvalue weighted by Gasteiger charge is 2.27. The van der Waals surface area contributed by atoms with Crippen LogP contribution in [0.5, 0.6) is 0 Å². The molecule has 5 heteroatoms. The largest absolute Gasteiger partial charge is 0.376 e. The molecule has 1 saturated heterocycles. The van der Waals surface area contributed by atoms with E-state index in [0.717, 1.165) is 37.1 Å². The van der Waals surface area contributed by atoms with Crippen molar-refractivity contribution in [2.24, 2.45) is 5.92 Å². The van der Waals surface area contributed by atoms with Crippen molar-refractivity contribution in [3.63, 3.8) is 0 Å². The molecule has 19 heavy (non-hydrogen) atoms. The first kappa shape index (κ1) is 14.7. The monoisotopic (exact) mass is 283 g/mol. The van der Waals surface area contributed by atoms with Gasteiger partial charge in [-0.25, -0.2) is 4.98 Å². The summed E-state index contributed by atoms with van der Waals surface area (Å²) >= 11 is 1.51. The molecule has 0 aromatic carbocycles. The van der Waals surface area contributed by atoms with Crippen molar-refractivity contribution in [3.8, 4) is 0 Å². The van der Waals surface area contributed by atoms with Gasteiger partial charge < -0.3 is 9.64 Å². The number of ether oxygens (including phenoxy) is 1. The second-order valence-electron chi connectivity index (χ2n) is 6.73. The van der Waals surface area contributed by atoms with E-state index in [4.69, 9.17) is 4.74 Å². The summed E-state index contributed by atoms with van der Waals surface area (Å²) in [5, 5.41) is 1.04. The van der Waals surface area contributed by atoms with E-state index in [0.29, 0.717) is 12.0 Å². The van der Waals surface area contributed by atoms with Crippen LogP contribution < -0.4 is 4.90 Å². The van der Waals surface area contributed by atoms with E-state index in [1.807, 2.05) is 0 Å². The summed E-state index contributed by atoms with van der Waals surface area (Å²) in [6.45, 7) is 13.7. The normalized spacial score (nSPS) is 20.5. The fourth-order valence-electron chi connectivity index (χ4n) is 2.02. The van der Waals surface area contributed by atoms with Crippen LogP contribution in [0.1, 0.15) is 46.9 Å². The van der Waals surface area contributed by atoms with Gasteiger partial charge in [-0.3, -0.25) is 0 Å². The molecule has 2 heterocycles. The predicted octanol–water partition coefficient (Wildman–Crippen LogP) is 3.09. The Morgan fingerprint density at radius 2 is 2.16 bits per heavy atom. The molecule has 1 atom stereocenters. The Bertz CT molecular complexity index is 411.